The third kappa shape index (κ3) is 5.82. The van der Waals surface area contributed by atoms with Crippen LogP contribution in [0.4, 0.5) is 22.0 Å². The molecule has 6 atom stereocenters. The number of hydrogen-bond acceptors (Lipinski definition) is 5. The number of hydrogen-bond donors (Lipinski definition) is 1. The van der Waals surface area contributed by atoms with E-state index in [1.54, 1.807) is 19.1 Å². The van der Waals surface area contributed by atoms with Crippen molar-refractivity contribution in [3.05, 3.63) is 58.7 Å². The lowest BCUT2D eigenvalue weighted by molar-refractivity contribution is -0.362. The first-order chi connectivity index (χ1) is 22.5. The molecule has 1 heterocycles. The number of carbonyl (C=O) groups is 1. The summed E-state index contributed by atoms with van der Waals surface area (Å²) in [6.07, 6.45) is -0.314. The number of allylic oxidation sites excluding steroid dienone is 3. The van der Waals surface area contributed by atoms with Crippen LogP contribution in [-0.2, 0) is 19.0 Å². The molecule has 4 aliphatic carbocycles. The molecular weight excluding hydrogens is 631 g/mol. The van der Waals surface area contributed by atoms with Crippen LogP contribution in [0.5, 0.6) is 0 Å². The predicted molar refractivity (Wildman–Crippen MR) is 169 cm³/mol. The molecule has 1 aromatic rings. The number of benzene rings is 1. The Labute approximate surface area is 279 Å². The van der Waals surface area contributed by atoms with Crippen molar-refractivity contribution in [1.82, 2.24) is 0 Å². The lowest BCUT2D eigenvalue weighted by atomic mass is 9.49. The summed E-state index contributed by atoms with van der Waals surface area (Å²) in [6, 6.07) is 7.30. The van der Waals surface area contributed by atoms with Gasteiger partial charge in [0.15, 0.2) is 5.79 Å². The van der Waals surface area contributed by atoms with E-state index in [4.69, 9.17) is 14.2 Å². The second-order valence-electron chi connectivity index (χ2n) is 15.4. The molecule has 1 aliphatic heterocycles. The average molecular weight is 677 g/mol. The van der Waals surface area contributed by atoms with Crippen LogP contribution in [-0.4, -0.2) is 54.4 Å². The van der Waals surface area contributed by atoms with Gasteiger partial charge >= 0.3 is 18.1 Å². The Morgan fingerprint density at radius 2 is 1.71 bits per heavy atom. The first-order valence-electron chi connectivity index (χ1n) is 17.1. The number of ether oxygens (including phenoxy) is 3. The van der Waals surface area contributed by atoms with Crippen LogP contribution in [0.1, 0.15) is 96.1 Å². The Balaban J connectivity index is 1.37. The van der Waals surface area contributed by atoms with E-state index in [2.05, 4.69) is 25.7 Å². The van der Waals surface area contributed by atoms with E-state index >= 15 is 8.78 Å². The van der Waals surface area contributed by atoms with Gasteiger partial charge in [-0.2, -0.15) is 22.0 Å². The first-order valence-corrected chi connectivity index (χ1v) is 17.1. The minimum absolute atomic E-state index is 0.0263. The quantitative estimate of drug-likeness (QED) is 0.114. The van der Waals surface area contributed by atoms with E-state index in [-0.39, 0.29) is 36.7 Å². The fourth-order valence-corrected chi connectivity index (χ4v) is 9.51. The Morgan fingerprint density at radius 3 is 2.35 bits per heavy atom. The van der Waals surface area contributed by atoms with Crippen molar-refractivity contribution in [2.45, 2.75) is 108 Å². The lowest BCUT2D eigenvalue weighted by Crippen LogP contribution is -2.65. The molecule has 262 valence electrons. The topological polar surface area (TPSA) is 65.0 Å². The molecule has 3 saturated carbocycles. The standard InChI is InChI=1S/C38H45F5O5/c1-5-46-31(44)9-7-6-8-24-10-12-25(13-11-24)29-21-34(4)30(17-19-36(34,45)37(39,40)38(41,42)43)28-15-14-26-20-35(18-16-27(26)32(28)29)47-22-33(2,3)23-48-35/h7,9-13,26,28-30,45H,5,14-23H2,1-4H3/b9-7+/t26?,28?,29-,30?,34?,36?/m1/s1. The van der Waals surface area contributed by atoms with Gasteiger partial charge in [-0.05, 0) is 87.0 Å². The van der Waals surface area contributed by atoms with E-state index in [0.717, 1.165) is 17.6 Å². The van der Waals surface area contributed by atoms with Gasteiger partial charge in [0.2, 0.25) is 0 Å². The fraction of sp³-hybridized carbons (Fsp3) is 0.658. The van der Waals surface area contributed by atoms with Gasteiger partial charge in [0, 0.05) is 41.2 Å². The molecule has 6 rings (SSSR count). The number of aliphatic hydroxyl groups is 1. The predicted octanol–water partition coefficient (Wildman–Crippen LogP) is 8.27. The van der Waals surface area contributed by atoms with Crippen molar-refractivity contribution in [2.24, 2.45) is 28.6 Å². The molecule has 5 unspecified atom stereocenters. The van der Waals surface area contributed by atoms with Gasteiger partial charge < -0.3 is 19.3 Å². The molecule has 5 nitrogen and oxygen atoms in total. The number of halogens is 5. The highest BCUT2D eigenvalue weighted by Gasteiger charge is 2.79. The van der Waals surface area contributed by atoms with Crippen molar-refractivity contribution < 1.29 is 46.1 Å². The molecule has 1 N–H and O–H groups in total. The molecule has 0 aromatic heterocycles. The SMILES string of the molecule is CCOC(=O)/C=C/C#Cc1ccc([C@H]2CC3(C)C(CCC3(O)C(F)(F)C(F)(F)F)C3CCC4CC5(CCC4=C32)OCC(C)(C)CO5)cc1. The van der Waals surface area contributed by atoms with Crippen molar-refractivity contribution >= 4 is 5.97 Å². The Hall–Kier alpha value is -2.74. The van der Waals surface area contributed by atoms with Crippen molar-refractivity contribution in [3.63, 3.8) is 0 Å². The zero-order valence-electron chi connectivity index (χ0n) is 28.0. The maximum Gasteiger partial charge on any atom is 0.456 e. The van der Waals surface area contributed by atoms with Gasteiger partial charge in [-0.1, -0.05) is 55.9 Å². The van der Waals surface area contributed by atoms with Crippen molar-refractivity contribution in [3.8, 4) is 11.8 Å². The monoisotopic (exact) mass is 676 g/mol. The van der Waals surface area contributed by atoms with Crippen molar-refractivity contribution in [2.75, 3.05) is 19.8 Å². The molecule has 48 heavy (non-hydrogen) atoms. The molecule has 0 bridgehead atoms. The largest absolute Gasteiger partial charge is 0.463 e. The summed E-state index contributed by atoms with van der Waals surface area (Å²) in [4.78, 5) is 11.5. The molecular formula is C38H45F5O5. The summed E-state index contributed by atoms with van der Waals surface area (Å²) in [7, 11) is 0. The van der Waals surface area contributed by atoms with E-state index < -0.39 is 53.1 Å². The highest BCUT2D eigenvalue weighted by atomic mass is 19.4. The summed E-state index contributed by atoms with van der Waals surface area (Å²) in [5, 5.41) is 11.6. The smallest absolute Gasteiger partial charge is 0.456 e. The molecule has 0 radical (unpaired) electrons. The van der Waals surface area contributed by atoms with Gasteiger partial charge in [-0.25, -0.2) is 4.79 Å². The minimum Gasteiger partial charge on any atom is -0.463 e. The van der Waals surface area contributed by atoms with Gasteiger partial charge in [-0.15, -0.1) is 0 Å². The fourth-order valence-electron chi connectivity index (χ4n) is 9.51. The number of carbonyl (C=O) groups excluding carboxylic acids is 1. The maximum atomic E-state index is 15.3. The van der Waals surface area contributed by atoms with Crippen molar-refractivity contribution in [1.29, 1.82) is 0 Å². The van der Waals surface area contributed by atoms with Crippen LogP contribution >= 0.6 is 0 Å². The van der Waals surface area contributed by atoms with Crippen LogP contribution in [0.25, 0.3) is 0 Å². The van der Waals surface area contributed by atoms with Gasteiger partial charge in [-0.3, -0.25) is 0 Å². The highest BCUT2D eigenvalue weighted by Crippen LogP contribution is 2.71. The second kappa shape index (κ2) is 12.2. The number of rotatable bonds is 4. The van der Waals surface area contributed by atoms with Crippen LogP contribution in [0.15, 0.2) is 47.6 Å². The van der Waals surface area contributed by atoms with E-state index in [9.17, 15) is 23.1 Å². The minimum atomic E-state index is -5.88. The summed E-state index contributed by atoms with van der Waals surface area (Å²) in [6.45, 7) is 8.82. The molecule has 10 heteroatoms. The maximum absolute atomic E-state index is 15.3. The molecule has 4 fully saturated rings. The Morgan fingerprint density at radius 1 is 1.02 bits per heavy atom. The lowest BCUT2D eigenvalue weighted by Gasteiger charge is -2.57. The van der Waals surface area contributed by atoms with Crippen LogP contribution < -0.4 is 0 Å². The van der Waals surface area contributed by atoms with E-state index in [1.165, 1.54) is 24.6 Å². The molecule has 1 aromatic carbocycles. The third-order valence-electron chi connectivity index (χ3n) is 11.9. The number of esters is 1. The Kier molecular flexibility index (Phi) is 8.95. The second-order valence-corrected chi connectivity index (χ2v) is 15.4. The van der Waals surface area contributed by atoms with Gasteiger partial charge in [0.05, 0.1) is 19.8 Å². The molecule has 5 aliphatic rings. The van der Waals surface area contributed by atoms with Crippen LogP contribution in [0.3, 0.4) is 0 Å². The first kappa shape index (κ1) is 35.1. The summed E-state index contributed by atoms with van der Waals surface area (Å²) in [5.74, 6) is -1.68. The zero-order valence-corrected chi connectivity index (χ0v) is 28.0. The molecule has 1 spiro atoms. The molecule has 0 amide bonds. The number of fused-ring (bicyclic) bond motifs is 4. The zero-order chi connectivity index (χ0) is 34.8. The summed E-state index contributed by atoms with van der Waals surface area (Å²) < 4.78 is 90.0. The average Bonchev–Trinajstić information content (AvgIpc) is 3.31. The van der Waals surface area contributed by atoms with E-state index in [1.807, 2.05) is 12.1 Å². The summed E-state index contributed by atoms with van der Waals surface area (Å²) >= 11 is 0. The third-order valence-corrected chi connectivity index (χ3v) is 11.9. The highest BCUT2D eigenvalue weighted by molar-refractivity contribution is 5.82. The van der Waals surface area contributed by atoms with Gasteiger partial charge in [0.1, 0.15) is 5.60 Å². The molecule has 1 saturated heterocycles. The van der Waals surface area contributed by atoms with Gasteiger partial charge in [0.25, 0.3) is 0 Å². The summed E-state index contributed by atoms with van der Waals surface area (Å²) in [5.41, 5.74) is -1.12. The normalized spacial score (nSPS) is 34.2. The van der Waals surface area contributed by atoms with E-state index in [0.29, 0.717) is 44.5 Å². The number of alkyl halides is 5. The van der Waals surface area contributed by atoms with Crippen LogP contribution in [0, 0.1) is 40.4 Å². The van der Waals surface area contributed by atoms with Crippen LogP contribution in [0.2, 0.25) is 0 Å². The Bertz CT molecular complexity index is 1520.